The van der Waals surface area contributed by atoms with Crippen LogP contribution < -0.4 is 5.32 Å². The van der Waals surface area contributed by atoms with Crippen molar-refractivity contribution in [2.45, 2.75) is 26.4 Å². The van der Waals surface area contributed by atoms with Crippen LogP contribution in [0.25, 0.3) is 5.69 Å². The number of hydrogen-bond acceptors (Lipinski definition) is 2. The second-order valence-corrected chi connectivity index (χ2v) is 6.11. The number of aryl methyl sites for hydroxylation is 1. The number of aromatic nitrogens is 2. The first kappa shape index (κ1) is 18.7. The molecule has 0 spiro atoms. The quantitative estimate of drug-likeness (QED) is 0.698. The molecule has 3 rings (SSSR count). The first-order chi connectivity index (χ1) is 12.8. The van der Waals surface area contributed by atoms with E-state index in [-0.39, 0.29) is 11.6 Å². The number of nitrogens with one attached hydrogen (secondary N) is 1. The number of halogens is 3. The van der Waals surface area contributed by atoms with E-state index in [0.717, 1.165) is 24.1 Å². The van der Waals surface area contributed by atoms with Crippen LogP contribution in [-0.4, -0.2) is 15.7 Å². The maximum absolute atomic E-state index is 12.9. The number of hydrogen-bond donors (Lipinski definition) is 1. The predicted octanol–water partition coefficient (Wildman–Crippen LogP) is 5.01. The van der Waals surface area contributed by atoms with Gasteiger partial charge in [0.15, 0.2) is 0 Å². The van der Waals surface area contributed by atoms with Gasteiger partial charge in [-0.25, -0.2) is 4.68 Å². The molecule has 1 heterocycles. The maximum Gasteiger partial charge on any atom is 0.416 e. The predicted molar refractivity (Wildman–Crippen MR) is 97.1 cm³/mol. The van der Waals surface area contributed by atoms with E-state index >= 15 is 0 Å². The second-order valence-electron chi connectivity index (χ2n) is 6.11. The summed E-state index contributed by atoms with van der Waals surface area (Å²) < 4.78 is 40.1. The molecule has 0 fully saturated rings. The molecule has 0 saturated heterocycles. The van der Waals surface area contributed by atoms with Gasteiger partial charge in [-0.15, -0.1) is 0 Å². The van der Waals surface area contributed by atoms with Gasteiger partial charge in [0.1, 0.15) is 0 Å². The minimum absolute atomic E-state index is 0.245. The Morgan fingerprint density at radius 1 is 1.15 bits per heavy atom. The van der Waals surface area contributed by atoms with Crippen molar-refractivity contribution in [2.24, 2.45) is 0 Å². The van der Waals surface area contributed by atoms with Crippen LogP contribution in [0.15, 0.2) is 54.7 Å². The molecule has 3 aromatic rings. The molecule has 2 aromatic carbocycles. The molecule has 7 heteroatoms. The Hall–Kier alpha value is -3.09. The minimum Gasteiger partial charge on any atom is -0.322 e. The van der Waals surface area contributed by atoms with E-state index in [9.17, 15) is 18.0 Å². The summed E-state index contributed by atoms with van der Waals surface area (Å²) in [7, 11) is 0. The zero-order chi connectivity index (χ0) is 19.6. The van der Waals surface area contributed by atoms with Crippen molar-refractivity contribution in [3.05, 3.63) is 77.1 Å². The Morgan fingerprint density at radius 2 is 1.89 bits per heavy atom. The standard InChI is InChI=1S/C20H18F3N3O/c1-3-14-6-4-8-16(10-14)25-19(27)18-12-24-26(13(18)2)17-9-5-7-15(11-17)20(21,22)23/h4-12H,3H2,1-2H3,(H,25,27). The molecule has 0 atom stereocenters. The van der Waals surface area contributed by atoms with Crippen molar-refractivity contribution in [2.75, 3.05) is 5.32 Å². The third-order valence-electron chi connectivity index (χ3n) is 4.27. The fourth-order valence-corrected chi connectivity index (χ4v) is 2.77. The summed E-state index contributed by atoms with van der Waals surface area (Å²) in [5.74, 6) is -0.362. The van der Waals surface area contributed by atoms with E-state index in [4.69, 9.17) is 0 Å². The highest BCUT2D eigenvalue weighted by atomic mass is 19.4. The summed E-state index contributed by atoms with van der Waals surface area (Å²) in [6.45, 7) is 3.66. The van der Waals surface area contributed by atoms with Gasteiger partial charge in [0, 0.05) is 5.69 Å². The van der Waals surface area contributed by atoms with Gasteiger partial charge in [-0.3, -0.25) is 4.79 Å². The summed E-state index contributed by atoms with van der Waals surface area (Å²) >= 11 is 0. The van der Waals surface area contributed by atoms with Crippen LogP contribution in [0.4, 0.5) is 18.9 Å². The first-order valence-electron chi connectivity index (χ1n) is 8.42. The Balaban J connectivity index is 1.88. The molecule has 1 amide bonds. The Labute approximate surface area is 154 Å². The van der Waals surface area contributed by atoms with Gasteiger partial charge >= 0.3 is 6.18 Å². The molecule has 4 nitrogen and oxygen atoms in total. The number of alkyl halides is 3. The van der Waals surface area contributed by atoms with E-state index in [1.165, 1.54) is 23.0 Å². The van der Waals surface area contributed by atoms with Crippen molar-refractivity contribution in [3.8, 4) is 5.69 Å². The van der Waals surface area contributed by atoms with Crippen molar-refractivity contribution in [3.63, 3.8) is 0 Å². The first-order valence-corrected chi connectivity index (χ1v) is 8.42. The number of benzene rings is 2. The number of nitrogens with zero attached hydrogens (tertiary/aromatic N) is 2. The van der Waals surface area contributed by atoms with E-state index in [0.29, 0.717) is 16.9 Å². The molecule has 1 aromatic heterocycles. The molecule has 0 saturated carbocycles. The third-order valence-corrected chi connectivity index (χ3v) is 4.27. The van der Waals surface area contributed by atoms with Gasteiger partial charge in [-0.1, -0.05) is 25.1 Å². The van der Waals surface area contributed by atoms with Gasteiger partial charge in [-0.2, -0.15) is 18.3 Å². The topological polar surface area (TPSA) is 46.9 Å². The normalized spacial score (nSPS) is 11.4. The zero-order valence-electron chi connectivity index (χ0n) is 14.8. The maximum atomic E-state index is 12.9. The molecule has 0 radical (unpaired) electrons. The highest BCUT2D eigenvalue weighted by molar-refractivity contribution is 6.05. The molecule has 27 heavy (non-hydrogen) atoms. The number of carbonyl (C=O) groups excluding carboxylic acids is 1. The van der Waals surface area contributed by atoms with Crippen molar-refractivity contribution >= 4 is 11.6 Å². The molecule has 140 valence electrons. The van der Waals surface area contributed by atoms with E-state index in [1.54, 1.807) is 13.0 Å². The number of amides is 1. The fourth-order valence-electron chi connectivity index (χ4n) is 2.77. The van der Waals surface area contributed by atoms with Gasteiger partial charge in [-0.05, 0) is 49.2 Å². The second kappa shape index (κ2) is 7.26. The van der Waals surface area contributed by atoms with Crippen LogP contribution in [-0.2, 0) is 12.6 Å². The molecule has 0 bridgehead atoms. The molecular weight excluding hydrogens is 355 g/mol. The van der Waals surface area contributed by atoms with Crippen LogP contribution in [0.5, 0.6) is 0 Å². The Bertz CT molecular complexity index is 977. The summed E-state index contributed by atoms with van der Waals surface area (Å²) in [5.41, 5.74) is 1.98. The highest BCUT2D eigenvalue weighted by Gasteiger charge is 2.30. The highest BCUT2D eigenvalue weighted by Crippen LogP contribution is 2.30. The van der Waals surface area contributed by atoms with Crippen molar-refractivity contribution < 1.29 is 18.0 Å². The Kier molecular flexibility index (Phi) is 5.03. The lowest BCUT2D eigenvalue weighted by Crippen LogP contribution is -2.13. The lowest BCUT2D eigenvalue weighted by Gasteiger charge is -2.10. The van der Waals surface area contributed by atoms with Crippen LogP contribution in [0, 0.1) is 6.92 Å². The van der Waals surface area contributed by atoms with Gasteiger partial charge in [0.05, 0.1) is 28.7 Å². The molecule has 1 N–H and O–H groups in total. The van der Waals surface area contributed by atoms with Crippen LogP contribution in [0.3, 0.4) is 0 Å². The molecule has 0 aliphatic rings. The SMILES string of the molecule is CCc1cccc(NC(=O)c2cnn(-c3cccc(C(F)(F)F)c3)c2C)c1. The minimum atomic E-state index is -4.44. The summed E-state index contributed by atoms with van der Waals surface area (Å²) in [4.78, 5) is 12.6. The van der Waals surface area contributed by atoms with E-state index in [2.05, 4.69) is 10.4 Å². The molecule has 0 unspecified atom stereocenters. The zero-order valence-corrected chi connectivity index (χ0v) is 14.8. The number of rotatable bonds is 4. The summed E-state index contributed by atoms with van der Waals surface area (Å²) in [5, 5.41) is 6.90. The lowest BCUT2D eigenvalue weighted by atomic mass is 10.1. The fraction of sp³-hybridized carbons (Fsp3) is 0.200. The Morgan fingerprint density at radius 3 is 2.59 bits per heavy atom. The monoisotopic (exact) mass is 373 g/mol. The lowest BCUT2D eigenvalue weighted by molar-refractivity contribution is -0.137. The van der Waals surface area contributed by atoms with Crippen LogP contribution >= 0.6 is 0 Å². The molecule has 0 aliphatic heterocycles. The smallest absolute Gasteiger partial charge is 0.322 e. The number of anilines is 1. The largest absolute Gasteiger partial charge is 0.416 e. The molecular formula is C20H18F3N3O. The van der Waals surface area contributed by atoms with Crippen molar-refractivity contribution in [1.82, 2.24) is 9.78 Å². The third kappa shape index (κ3) is 4.02. The summed E-state index contributed by atoms with van der Waals surface area (Å²) in [6.07, 6.45) is -2.24. The van der Waals surface area contributed by atoms with Gasteiger partial charge in [0.2, 0.25) is 0 Å². The number of carbonyl (C=O) groups is 1. The van der Waals surface area contributed by atoms with Crippen molar-refractivity contribution in [1.29, 1.82) is 0 Å². The average molecular weight is 373 g/mol. The van der Waals surface area contributed by atoms with Gasteiger partial charge in [0.25, 0.3) is 5.91 Å². The van der Waals surface area contributed by atoms with E-state index in [1.807, 2.05) is 25.1 Å². The van der Waals surface area contributed by atoms with Gasteiger partial charge < -0.3 is 5.32 Å². The molecule has 0 aliphatic carbocycles. The van der Waals surface area contributed by atoms with Crippen LogP contribution in [0.2, 0.25) is 0 Å². The average Bonchev–Trinajstić information content (AvgIpc) is 3.03. The summed E-state index contributed by atoms with van der Waals surface area (Å²) in [6, 6.07) is 12.3. The van der Waals surface area contributed by atoms with Crippen LogP contribution in [0.1, 0.15) is 34.1 Å². The van der Waals surface area contributed by atoms with E-state index < -0.39 is 11.7 Å².